The van der Waals surface area contributed by atoms with Crippen molar-refractivity contribution in [3.8, 4) is 11.5 Å². The molecule has 2 aromatic carbocycles. The Kier molecular flexibility index (Phi) is 7.84. The van der Waals surface area contributed by atoms with Crippen LogP contribution in [0.15, 0.2) is 42.5 Å². The van der Waals surface area contributed by atoms with Crippen LogP contribution in [-0.2, 0) is 16.1 Å². The molecule has 2 aromatic rings. The van der Waals surface area contributed by atoms with Gasteiger partial charge in [-0.15, -0.1) is 0 Å². The molecular weight excluding hydrogens is 380 g/mol. The lowest BCUT2D eigenvalue weighted by atomic mass is 10.1. The van der Waals surface area contributed by atoms with E-state index in [1.165, 1.54) is 26.4 Å². The van der Waals surface area contributed by atoms with Crippen molar-refractivity contribution in [1.29, 1.82) is 0 Å². The summed E-state index contributed by atoms with van der Waals surface area (Å²) in [6.07, 6.45) is -0.998. The fourth-order valence-corrected chi connectivity index (χ4v) is 2.42. The van der Waals surface area contributed by atoms with Gasteiger partial charge >= 0.3 is 12.1 Å². The Bertz CT molecular complexity index is 869. The lowest BCUT2D eigenvalue weighted by molar-refractivity contribution is -0.136. The zero-order chi connectivity index (χ0) is 21.2. The number of nitrogens with one attached hydrogen (secondary N) is 2. The molecule has 0 aromatic heterocycles. The summed E-state index contributed by atoms with van der Waals surface area (Å²) in [7, 11) is 2.83. The zero-order valence-corrected chi connectivity index (χ0v) is 16.1. The zero-order valence-electron chi connectivity index (χ0n) is 16.1. The molecule has 3 N–H and O–H groups in total. The van der Waals surface area contributed by atoms with Crippen molar-refractivity contribution in [2.24, 2.45) is 0 Å². The first kappa shape index (κ1) is 21.5. The predicted molar refractivity (Wildman–Crippen MR) is 104 cm³/mol. The van der Waals surface area contributed by atoms with E-state index in [9.17, 15) is 14.4 Å². The molecule has 0 saturated heterocycles. The molecule has 0 aliphatic heterocycles. The van der Waals surface area contributed by atoms with Crippen LogP contribution in [-0.4, -0.2) is 43.8 Å². The van der Waals surface area contributed by atoms with E-state index in [4.69, 9.17) is 19.3 Å². The third kappa shape index (κ3) is 6.42. The summed E-state index contributed by atoms with van der Waals surface area (Å²) in [5.41, 5.74) is 1.01. The lowest BCUT2D eigenvalue weighted by Gasteiger charge is -2.15. The highest BCUT2D eigenvalue weighted by molar-refractivity contribution is 6.03. The molecule has 9 nitrogen and oxygen atoms in total. The molecule has 0 aliphatic rings. The van der Waals surface area contributed by atoms with Crippen LogP contribution in [0, 0.1) is 0 Å². The van der Waals surface area contributed by atoms with E-state index in [2.05, 4.69) is 10.6 Å². The van der Waals surface area contributed by atoms with E-state index in [1.807, 2.05) is 30.3 Å². The fraction of sp³-hybridized carbons (Fsp3) is 0.250. The highest BCUT2D eigenvalue weighted by Gasteiger charge is 2.19. The number of hydrogen-bond acceptors (Lipinski definition) is 6. The molecule has 0 bridgehead atoms. The van der Waals surface area contributed by atoms with Gasteiger partial charge in [-0.3, -0.25) is 14.9 Å². The summed E-state index contributed by atoms with van der Waals surface area (Å²) in [5, 5.41) is 13.7. The molecule has 0 radical (unpaired) electrons. The topological polar surface area (TPSA) is 123 Å². The van der Waals surface area contributed by atoms with E-state index in [0.29, 0.717) is 5.75 Å². The second-order valence-electron chi connectivity index (χ2n) is 5.84. The van der Waals surface area contributed by atoms with Gasteiger partial charge in [0.15, 0.2) is 11.5 Å². The van der Waals surface area contributed by atoms with Gasteiger partial charge in [0, 0.05) is 12.6 Å². The summed E-state index contributed by atoms with van der Waals surface area (Å²) >= 11 is 0. The van der Waals surface area contributed by atoms with Gasteiger partial charge in [-0.05, 0) is 11.6 Å². The minimum Gasteiger partial charge on any atom is -0.493 e. The Labute approximate surface area is 167 Å². The van der Waals surface area contributed by atoms with Gasteiger partial charge in [-0.2, -0.15) is 0 Å². The van der Waals surface area contributed by atoms with E-state index in [1.54, 1.807) is 0 Å². The number of ether oxygens (including phenoxy) is 3. The third-order valence-corrected chi connectivity index (χ3v) is 3.84. The monoisotopic (exact) mass is 402 g/mol. The van der Waals surface area contributed by atoms with Crippen LogP contribution < -0.4 is 20.1 Å². The first-order valence-corrected chi connectivity index (χ1v) is 8.68. The van der Waals surface area contributed by atoms with E-state index >= 15 is 0 Å². The van der Waals surface area contributed by atoms with Crippen LogP contribution >= 0.6 is 0 Å². The number of carbonyl (C=O) groups excluding carboxylic acids is 2. The Hall–Kier alpha value is -3.75. The molecule has 29 heavy (non-hydrogen) atoms. The van der Waals surface area contributed by atoms with Gasteiger partial charge in [-0.25, -0.2) is 4.79 Å². The van der Waals surface area contributed by atoms with Crippen LogP contribution in [0.5, 0.6) is 11.5 Å². The van der Waals surface area contributed by atoms with Crippen molar-refractivity contribution < 1.29 is 33.7 Å². The maximum atomic E-state index is 12.5. The average molecular weight is 402 g/mol. The number of rotatable bonds is 9. The van der Waals surface area contributed by atoms with Crippen LogP contribution in [0.25, 0.3) is 0 Å². The summed E-state index contributed by atoms with van der Waals surface area (Å²) in [5.74, 6) is -1.04. The highest BCUT2D eigenvalue weighted by atomic mass is 16.5. The van der Waals surface area contributed by atoms with Crippen molar-refractivity contribution >= 4 is 23.7 Å². The van der Waals surface area contributed by atoms with Gasteiger partial charge in [-0.1, -0.05) is 30.3 Å². The number of amides is 2. The van der Waals surface area contributed by atoms with Crippen molar-refractivity contribution in [3.63, 3.8) is 0 Å². The maximum absolute atomic E-state index is 12.5. The summed E-state index contributed by atoms with van der Waals surface area (Å²) in [6, 6.07) is 11.9. The Morgan fingerprint density at radius 2 is 1.66 bits per heavy atom. The van der Waals surface area contributed by atoms with Crippen molar-refractivity contribution in [2.45, 2.75) is 13.0 Å². The van der Waals surface area contributed by atoms with E-state index < -0.39 is 18.0 Å². The number of carbonyl (C=O) groups is 3. The van der Waals surface area contributed by atoms with Gasteiger partial charge in [0.2, 0.25) is 0 Å². The largest absolute Gasteiger partial charge is 0.493 e. The smallest absolute Gasteiger partial charge is 0.411 e. The van der Waals surface area contributed by atoms with E-state index in [0.717, 1.165) is 5.56 Å². The Morgan fingerprint density at radius 3 is 2.28 bits per heavy atom. The van der Waals surface area contributed by atoms with Gasteiger partial charge < -0.3 is 24.6 Å². The molecule has 154 valence electrons. The Morgan fingerprint density at radius 1 is 1.00 bits per heavy atom. The first-order valence-electron chi connectivity index (χ1n) is 8.68. The van der Waals surface area contributed by atoms with Crippen molar-refractivity contribution in [2.75, 3.05) is 26.1 Å². The summed E-state index contributed by atoms with van der Waals surface area (Å²) in [6.45, 7) is -0.0134. The van der Waals surface area contributed by atoms with Crippen LogP contribution in [0.4, 0.5) is 10.5 Å². The Balaban J connectivity index is 2.17. The molecule has 0 heterocycles. The number of methoxy groups -OCH3 is 2. The summed E-state index contributed by atoms with van der Waals surface area (Å²) < 4.78 is 15.6. The number of hydrogen-bond donors (Lipinski definition) is 3. The van der Waals surface area contributed by atoms with Crippen LogP contribution in [0.1, 0.15) is 22.3 Å². The molecular formula is C20H22N2O7. The van der Waals surface area contributed by atoms with Crippen molar-refractivity contribution in [3.05, 3.63) is 53.6 Å². The maximum Gasteiger partial charge on any atom is 0.411 e. The molecule has 0 saturated carbocycles. The molecule has 0 atom stereocenters. The number of carboxylic acids is 1. The standard InChI is InChI=1S/C20H22N2O7/c1-27-16-10-14(19(25)21-9-8-18(23)24)15(11-17(16)28-2)22-20(26)29-12-13-6-4-3-5-7-13/h3-7,10-11H,8-9,12H2,1-2H3,(H,21,25)(H,22,26)(H,23,24). The minimum atomic E-state index is -1.04. The second-order valence-corrected chi connectivity index (χ2v) is 5.84. The predicted octanol–water partition coefficient (Wildman–Crippen LogP) is 2.66. The number of aliphatic carboxylic acids is 1. The molecule has 0 unspecified atom stereocenters. The minimum absolute atomic E-state index is 0.0557. The van der Waals surface area contributed by atoms with E-state index in [-0.39, 0.29) is 36.6 Å². The third-order valence-electron chi connectivity index (χ3n) is 3.84. The average Bonchev–Trinajstić information content (AvgIpc) is 2.72. The van der Waals surface area contributed by atoms with Gasteiger partial charge in [0.25, 0.3) is 5.91 Å². The number of benzene rings is 2. The molecule has 0 spiro atoms. The molecule has 0 fully saturated rings. The van der Waals surface area contributed by atoms with Crippen LogP contribution in [0.3, 0.4) is 0 Å². The van der Waals surface area contributed by atoms with Crippen molar-refractivity contribution in [1.82, 2.24) is 5.32 Å². The molecule has 0 aliphatic carbocycles. The van der Waals surface area contributed by atoms with Gasteiger partial charge in [0.1, 0.15) is 6.61 Å². The SMILES string of the molecule is COc1cc(NC(=O)OCc2ccccc2)c(C(=O)NCCC(=O)O)cc1OC. The number of carboxylic acid groups (broad SMARTS) is 1. The quantitative estimate of drug-likeness (QED) is 0.589. The number of anilines is 1. The molecule has 2 rings (SSSR count). The lowest BCUT2D eigenvalue weighted by Crippen LogP contribution is -2.27. The first-order chi connectivity index (χ1) is 13.9. The normalized spacial score (nSPS) is 10.0. The van der Waals surface area contributed by atoms with Gasteiger partial charge in [0.05, 0.1) is 31.9 Å². The fourth-order valence-electron chi connectivity index (χ4n) is 2.42. The molecule has 2 amide bonds. The summed E-state index contributed by atoms with van der Waals surface area (Å²) in [4.78, 5) is 35.3. The van der Waals surface area contributed by atoms with Crippen LogP contribution in [0.2, 0.25) is 0 Å². The second kappa shape index (κ2) is 10.5. The highest BCUT2D eigenvalue weighted by Crippen LogP contribution is 2.33. The molecule has 9 heteroatoms.